The fourth-order valence-electron chi connectivity index (χ4n) is 2.97. The summed E-state index contributed by atoms with van der Waals surface area (Å²) in [6.07, 6.45) is 2.79. The van der Waals surface area contributed by atoms with Crippen LogP contribution in [-0.4, -0.2) is 32.1 Å². The minimum absolute atomic E-state index is 0.306. The van der Waals surface area contributed by atoms with Gasteiger partial charge < -0.3 is 5.32 Å². The summed E-state index contributed by atoms with van der Waals surface area (Å²) in [6, 6.07) is 14.4. The average Bonchev–Trinajstić information content (AvgIpc) is 2.62. The molecule has 0 saturated heterocycles. The summed E-state index contributed by atoms with van der Waals surface area (Å²) >= 11 is 0. The van der Waals surface area contributed by atoms with E-state index in [1.807, 2.05) is 38.1 Å². The molecule has 0 spiro atoms. The SMILES string of the molecule is Cc1ccccc1N(CC(=O)Nc1ccc(C)c2ncccc12)S(C)(=O)=O. The Balaban J connectivity index is 1.90. The number of nitrogens with zero attached hydrogens (tertiary/aromatic N) is 2. The number of aryl methyl sites for hydroxylation is 2. The Morgan fingerprint density at radius 3 is 2.48 bits per heavy atom. The van der Waals surface area contributed by atoms with Crippen molar-refractivity contribution >= 4 is 38.2 Å². The first-order valence-electron chi connectivity index (χ1n) is 8.45. The van der Waals surface area contributed by atoms with E-state index in [1.165, 1.54) is 0 Å². The minimum atomic E-state index is -3.62. The number of fused-ring (bicyclic) bond motifs is 1. The van der Waals surface area contributed by atoms with Crippen LogP contribution in [-0.2, 0) is 14.8 Å². The molecular weight excluding hydrogens is 362 g/mol. The first-order chi connectivity index (χ1) is 12.8. The lowest BCUT2D eigenvalue weighted by Gasteiger charge is -2.23. The Hall–Kier alpha value is -2.93. The minimum Gasteiger partial charge on any atom is -0.324 e. The highest BCUT2D eigenvalue weighted by atomic mass is 32.2. The second-order valence-electron chi connectivity index (χ2n) is 6.43. The van der Waals surface area contributed by atoms with Crippen molar-refractivity contribution in [3.05, 3.63) is 65.9 Å². The molecular formula is C20H21N3O3S. The van der Waals surface area contributed by atoms with Crippen LogP contribution in [0.1, 0.15) is 11.1 Å². The van der Waals surface area contributed by atoms with Crippen LogP contribution in [0.5, 0.6) is 0 Å². The molecule has 1 amide bonds. The van der Waals surface area contributed by atoms with Gasteiger partial charge in [0, 0.05) is 11.6 Å². The number of carbonyl (C=O) groups is 1. The van der Waals surface area contributed by atoms with E-state index in [0.29, 0.717) is 11.4 Å². The predicted molar refractivity (Wildman–Crippen MR) is 108 cm³/mol. The van der Waals surface area contributed by atoms with Gasteiger partial charge in [0.2, 0.25) is 15.9 Å². The number of para-hydroxylation sites is 1. The van der Waals surface area contributed by atoms with E-state index >= 15 is 0 Å². The molecule has 0 fully saturated rings. The number of carbonyl (C=O) groups excluding carboxylic acids is 1. The van der Waals surface area contributed by atoms with Gasteiger partial charge in [0.15, 0.2) is 0 Å². The fraction of sp³-hybridized carbons (Fsp3) is 0.200. The molecule has 0 radical (unpaired) electrons. The first-order valence-corrected chi connectivity index (χ1v) is 10.3. The molecule has 3 aromatic rings. The lowest BCUT2D eigenvalue weighted by molar-refractivity contribution is -0.114. The Morgan fingerprint density at radius 1 is 1.04 bits per heavy atom. The average molecular weight is 383 g/mol. The highest BCUT2D eigenvalue weighted by Gasteiger charge is 2.22. The highest BCUT2D eigenvalue weighted by molar-refractivity contribution is 7.92. The van der Waals surface area contributed by atoms with Crippen LogP contribution in [0.15, 0.2) is 54.7 Å². The third kappa shape index (κ3) is 4.09. The van der Waals surface area contributed by atoms with Crippen LogP contribution in [0.3, 0.4) is 0 Å². The molecule has 0 atom stereocenters. The molecule has 6 nitrogen and oxygen atoms in total. The summed E-state index contributed by atoms with van der Waals surface area (Å²) in [5.41, 5.74) is 3.67. The van der Waals surface area contributed by atoms with Gasteiger partial charge in [-0.25, -0.2) is 8.42 Å². The normalized spacial score (nSPS) is 11.4. The number of anilines is 2. The van der Waals surface area contributed by atoms with Crippen LogP contribution >= 0.6 is 0 Å². The van der Waals surface area contributed by atoms with E-state index in [1.54, 1.807) is 30.5 Å². The van der Waals surface area contributed by atoms with Crippen molar-refractivity contribution in [2.75, 3.05) is 22.4 Å². The highest BCUT2D eigenvalue weighted by Crippen LogP contribution is 2.25. The largest absolute Gasteiger partial charge is 0.324 e. The van der Waals surface area contributed by atoms with Gasteiger partial charge in [-0.1, -0.05) is 24.3 Å². The van der Waals surface area contributed by atoms with Crippen molar-refractivity contribution in [1.29, 1.82) is 0 Å². The predicted octanol–water partition coefficient (Wildman–Crippen LogP) is 3.26. The monoisotopic (exact) mass is 383 g/mol. The van der Waals surface area contributed by atoms with Crippen molar-refractivity contribution in [3.63, 3.8) is 0 Å². The third-order valence-corrected chi connectivity index (χ3v) is 5.44. The summed E-state index contributed by atoms with van der Waals surface area (Å²) in [5.74, 6) is -0.419. The summed E-state index contributed by atoms with van der Waals surface area (Å²) in [5, 5.41) is 3.63. The van der Waals surface area contributed by atoms with Gasteiger partial charge in [-0.15, -0.1) is 0 Å². The Kier molecular flexibility index (Phi) is 5.14. The number of aromatic nitrogens is 1. The number of hydrogen-bond acceptors (Lipinski definition) is 4. The lowest BCUT2D eigenvalue weighted by atomic mass is 10.1. The standard InChI is InChI=1S/C20H21N3O3S/c1-14-7-4-5-9-18(14)23(27(3,25)26)13-19(24)22-17-11-10-15(2)20-16(17)8-6-12-21-20/h4-12H,13H2,1-3H3,(H,22,24). The number of pyridine rings is 1. The van der Waals surface area contributed by atoms with Crippen molar-refractivity contribution in [2.45, 2.75) is 13.8 Å². The van der Waals surface area contributed by atoms with Crippen LogP contribution in [0.4, 0.5) is 11.4 Å². The number of amides is 1. The molecule has 2 aromatic carbocycles. The fourth-order valence-corrected chi connectivity index (χ4v) is 3.88. The van der Waals surface area contributed by atoms with Gasteiger partial charge >= 0.3 is 0 Å². The number of nitrogens with one attached hydrogen (secondary N) is 1. The zero-order valence-electron chi connectivity index (χ0n) is 15.4. The summed E-state index contributed by atoms with van der Waals surface area (Å²) in [4.78, 5) is 17.0. The van der Waals surface area contributed by atoms with Gasteiger partial charge in [0.05, 0.1) is 23.1 Å². The zero-order chi connectivity index (χ0) is 19.6. The Labute approximate surface area is 158 Å². The van der Waals surface area contributed by atoms with E-state index < -0.39 is 15.9 Å². The van der Waals surface area contributed by atoms with E-state index in [0.717, 1.165) is 32.6 Å². The van der Waals surface area contributed by atoms with E-state index in [9.17, 15) is 13.2 Å². The summed E-state index contributed by atoms with van der Waals surface area (Å²) < 4.78 is 25.6. The molecule has 1 aromatic heterocycles. The number of sulfonamides is 1. The number of benzene rings is 2. The van der Waals surface area contributed by atoms with E-state index in [4.69, 9.17) is 0 Å². The molecule has 1 heterocycles. The number of rotatable bonds is 5. The molecule has 0 aliphatic heterocycles. The van der Waals surface area contributed by atoms with Crippen LogP contribution in [0, 0.1) is 13.8 Å². The second-order valence-corrected chi connectivity index (χ2v) is 8.34. The molecule has 140 valence electrons. The maximum atomic E-state index is 12.6. The van der Waals surface area contributed by atoms with Gasteiger partial charge in [-0.3, -0.25) is 14.1 Å². The molecule has 0 aliphatic rings. The zero-order valence-corrected chi connectivity index (χ0v) is 16.2. The van der Waals surface area contributed by atoms with Crippen LogP contribution < -0.4 is 9.62 Å². The lowest BCUT2D eigenvalue weighted by Crippen LogP contribution is -2.37. The Bertz CT molecular complexity index is 1110. The van der Waals surface area contributed by atoms with E-state index in [2.05, 4.69) is 10.3 Å². The smallest absolute Gasteiger partial charge is 0.245 e. The van der Waals surface area contributed by atoms with Crippen molar-refractivity contribution < 1.29 is 13.2 Å². The summed E-state index contributed by atoms with van der Waals surface area (Å²) in [6.45, 7) is 3.45. The van der Waals surface area contributed by atoms with Crippen molar-refractivity contribution in [3.8, 4) is 0 Å². The molecule has 1 N–H and O–H groups in total. The molecule has 0 aliphatic carbocycles. The Morgan fingerprint density at radius 2 is 1.78 bits per heavy atom. The first kappa shape index (κ1) is 18.8. The molecule has 7 heteroatoms. The quantitative estimate of drug-likeness (QED) is 0.733. The second kappa shape index (κ2) is 7.36. The summed E-state index contributed by atoms with van der Waals surface area (Å²) in [7, 11) is -3.62. The van der Waals surface area contributed by atoms with Gasteiger partial charge in [-0.2, -0.15) is 0 Å². The van der Waals surface area contributed by atoms with Gasteiger partial charge in [-0.05, 0) is 49.2 Å². The van der Waals surface area contributed by atoms with Crippen molar-refractivity contribution in [2.24, 2.45) is 0 Å². The maximum Gasteiger partial charge on any atom is 0.245 e. The molecule has 27 heavy (non-hydrogen) atoms. The van der Waals surface area contributed by atoms with Gasteiger partial charge in [0.1, 0.15) is 6.54 Å². The van der Waals surface area contributed by atoms with Crippen LogP contribution in [0.25, 0.3) is 10.9 Å². The maximum absolute atomic E-state index is 12.6. The van der Waals surface area contributed by atoms with Crippen molar-refractivity contribution in [1.82, 2.24) is 4.98 Å². The third-order valence-electron chi connectivity index (χ3n) is 4.32. The topological polar surface area (TPSA) is 79.4 Å². The molecule has 3 rings (SSSR count). The molecule has 0 saturated carbocycles. The van der Waals surface area contributed by atoms with Crippen LogP contribution in [0.2, 0.25) is 0 Å². The molecule has 0 bridgehead atoms. The number of hydrogen-bond donors (Lipinski definition) is 1. The van der Waals surface area contributed by atoms with Gasteiger partial charge in [0.25, 0.3) is 0 Å². The van der Waals surface area contributed by atoms with E-state index in [-0.39, 0.29) is 6.54 Å². The molecule has 0 unspecified atom stereocenters.